The minimum Gasteiger partial charge on any atom is -0.465 e. The van der Waals surface area contributed by atoms with Crippen LogP contribution in [0.25, 0.3) is 0 Å². The number of anilines is 1. The molecular weight excluding hydrogens is 442 g/mol. The number of esters is 1. The molecule has 0 spiro atoms. The Kier molecular flexibility index (Phi) is 6.88. The highest BCUT2D eigenvalue weighted by Crippen LogP contribution is 2.40. The van der Waals surface area contributed by atoms with Gasteiger partial charge in [0.15, 0.2) is 5.11 Å². The van der Waals surface area contributed by atoms with Gasteiger partial charge in [-0.3, -0.25) is 9.58 Å². The first-order valence-electron chi connectivity index (χ1n) is 11.3. The smallest absolute Gasteiger partial charge is 0.341 e. The van der Waals surface area contributed by atoms with E-state index in [1.807, 2.05) is 11.7 Å². The Bertz CT molecular complexity index is 1020. The van der Waals surface area contributed by atoms with Crippen LogP contribution in [-0.2, 0) is 31.2 Å². The molecule has 1 atom stereocenters. The van der Waals surface area contributed by atoms with E-state index in [1.165, 1.54) is 23.2 Å². The Morgan fingerprint density at radius 2 is 2.00 bits per heavy atom. The number of fused-ring (bicyclic) bond motifs is 1. The molecule has 2 aliphatic rings. The first-order valence-corrected chi connectivity index (χ1v) is 12.5. The second kappa shape index (κ2) is 9.49. The van der Waals surface area contributed by atoms with E-state index >= 15 is 0 Å². The lowest BCUT2D eigenvalue weighted by Crippen LogP contribution is -2.49. The average molecular weight is 476 g/mol. The molecule has 0 radical (unpaired) electrons. The summed E-state index contributed by atoms with van der Waals surface area (Å²) in [6, 6.07) is 0. The molecule has 0 bridgehead atoms. The topological polar surface area (TPSA) is 62.6 Å². The normalized spacial score (nSPS) is 19.0. The second-order valence-corrected chi connectivity index (χ2v) is 10.5. The molecule has 1 aliphatic heterocycles. The van der Waals surface area contributed by atoms with E-state index in [9.17, 15) is 4.79 Å². The fraction of sp³-hybridized carbons (Fsp3) is 0.609. The van der Waals surface area contributed by atoms with Gasteiger partial charge >= 0.3 is 5.97 Å². The van der Waals surface area contributed by atoms with Crippen molar-refractivity contribution in [1.82, 2.24) is 19.6 Å². The van der Waals surface area contributed by atoms with Crippen LogP contribution in [0.3, 0.4) is 0 Å². The van der Waals surface area contributed by atoms with Crippen LogP contribution >= 0.6 is 23.6 Å². The van der Waals surface area contributed by atoms with Crippen LogP contribution in [0, 0.1) is 19.8 Å². The molecule has 174 valence electrons. The standard InChI is InChI=1S/C23H33N5O2S2/c1-14-6-7-17-19(12-14)32-21(20(17)22(29)30-5)24-23(31)28-10-8-27(9-11-28)13-18-15(2)25-26(4)16(18)3/h14H,6-13H2,1-5H3,(H,24,31)/t14-/m1/s1. The van der Waals surface area contributed by atoms with Gasteiger partial charge < -0.3 is 15.0 Å². The van der Waals surface area contributed by atoms with E-state index in [4.69, 9.17) is 17.0 Å². The molecule has 3 heterocycles. The summed E-state index contributed by atoms with van der Waals surface area (Å²) >= 11 is 7.42. The molecule has 4 rings (SSSR count). The van der Waals surface area contributed by atoms with Crippen molar-refractivity contribution in [3.8, 4) is 0 Å². The maximum Gasteiger partial charge on any atom is 0.341 e. The van der Waals surface area contributed by atoms with Crippen molar-refractivity contribution in [2.45, 2.75) is 46.6 Å². The van der Waals surface area contributed by atoms with Crippen molar-refractivity contribution in [2.75, 3.05) is 38.6 Å². The largest absolute Gasteiger partial charge is 0.465 e. The Labute approximate surface area is 199 Å². The molecule has 0 unspecified atom stereocenters. The van der Waals surface area contributed by atoms with Gasteiger partial charge in [-0.05, 0) is 56.8 Å². The highest BCUT2D eigenvalue weighted by molar-refractivity contribution is 7.80. The SMILES string of the molecule is COC(=O)c1c(NC(=S)N2CCN(Cc3c(C)nn(C)c3C)CC2)sc2c1CC[C@@H](C)C2. The predicted molar refractivity (Wildman–Crippen MR) is 133 cm³/mol. The van der Waals surface area contributed by atoms with Crippen molar-refractivity contribution in [1.29, 1.82) is 0 Å². The average Bonchev–Trinajstić information content (AvgIpc) is 3.24. The zero-order chi connectivity index (χ0) is 23.0. The van der Waals surface area contributed by atoms with Gasteiger partial charge in [-0.1, -0.05) is 6.92 Å². The number of methoxy groups -OCH3 is 1. The molecule has 7 nitrogen and oxygen atoms in total. The quantitative estimate of drug-likeness (QED) is 0.536. The van der Waals surface area contributed by atoms with Gasteiger partial charge in [-0.25, -0.2) is 4.79 Å². The van der Waals surface area contributed by atoms with Crippen molar-refractivity contribution in [3.63, 3.8) is 0 Å². The number of rotatable bonds is 4. The van der Waals surface area contributed by atoms with E-state index in [0.29, 0.717) is 16.6 Å². The van der Waals surface area contributed by atoms with Crippen molar-refractivity contribution in [2.24, 2.45) is 13.0 Å². The Morgan fingerprint density at radius 3 is 2.62 bits per heavy atom. The summed E-state index contributed by atoms with van der Waals surface area (Å²) in [4.78, 5) is 18.5. The molecule has 1 aliphatic carbocycles. The number of hydrogen-bond acceptors (Lipinski definition) is 6. The van der Waals surface area contributed by atoms with Gasteiger partial charge in [-0.2, -0.15) is 5.10 Å². The molecule has 2 aromatic rings. The lowest BCUT2D eigenvalue weighted by molar-refractivity contribution is 0.0601. The maximum atomic E-state index is 12.6. The van der Waals surface area contributed by atoms with E-state index < -0.39 is 0 Å². The summed E-state index contributed by atoms with van der Waals surface area (Å²) in [6.07, 6.45) is 3.05. The predicted octanol–water partition coefficient (Wildman–Crippen LogP) is 3.52. The fourth-order valence-corrected chi connectivity index (χ4v) is 6.46. The Morgan fingerprint density at radius 1 is 1.28 bits per heavy atom. The number of thiocarbonyl (C=S) groups is 1. The summed E-state index contributed by atoms with van der Waals surface area (Å²) < 4.78 is 7.06. The summed E-state index contributed by atoms with van der Waals surface area (Å²) in [7, 11) is 3.45. The monoisotopic (exact) mass is 475 g/mol. The second-order valence-electron chi connectivity index (χ2n) is 9.01. The van der Waals surface area contributed by atoms with Gasteiger partial charge in [-0.15, -0.1) is 11.3 Å². The zero-order valence-electron chi connectivity index (χ0n) is 19.7. The molecule has 1 N–H and O–H groups in total. The van der Waals surface area contributed by atoms with E-state index in [2.05, 4.69) is 41.0 Å². The van der Waals surface area contributed by atoms with Gasteiger partial charge in [0, 0.05) is 55.9 Å². The van der Waals surface area contributed by atoms with Crippen molar-refractivity contribution < 1.29 is 9.53 Å². The summed E-state index contributed by atoms with van der Waals surface area (Å²) in [5.41, 5.74) is 5.49. The van der Waals surface area contributed by atoms with Crippen LogP contribution in [0.5, 0.6) is 0 Å². The summed E-state index contributed by atoms with van der Waals surface area (Å²) in [6.45, 7) is 11.0. The molecule has 2 aromatic heterocycles. The van der Waals surface area contributed by atoms with E-state index in [0.717, 1.165) is 68.2 Å². The molecule has 9 heteroatoms. The number of carbonyl (C=O) groups excluding carboxylic acids is 1. The number of aromatic nitrogens is 2. The molecule has 0 amide bonds. The minimum atomic E-state index is -0.269. The highest BCUT2D eigenvalue weighted by atomic mass is 32.1. The van der Waals surface area contributed by atoms with Crippen LogP contribution in [0.1, 0.15) is 51.1 Å². The van der Waals surface area contributed by atoms with Gasteiger partial charge in [0.2, 0.25) is 0 Å². The lowest BCUT2D eigenvalue weighted by Gasteiger charge is -2.36. The highest BCUT2D eigenvalue weighted by Gasteiger charge is 2.29. The number of piperazine rings is 1. The lowest BCUT2D eigenvalue weighted by atomic mass is 9.88. The zero-order valence-corrected chi connectivity index (χ0v) is 21.3. The van der Waals surface area contributed by atoms with Crippen LogP contribution in [0.2, 0.25) is 0 Å². The number of carbonyl (C=O) groups is 1. The Hall–Kier alpha value is -1.97. The molecule has 0 saturated carbocycles. The van der Waals surface area contributed by atoms with Crippen LogP contribution in [0.15, 0.2) is 0 Å². The van der Waals surface area contributed by atoms with Crippen molar-refractivity contribution >= 4 is 39.6 Å². The molecule has 1 saturated heterocycles. The van der Waals surface area contributed by atoms with Crippen LogP contribution in [0.4, 0.5) is 5.00 Å². The van der Waals surface area contributed by atoms with Gasteiger partial charge in [0.25, 0.3) is 0 Å². The number of nitrogens with one attached hydrogen (secondary N) is 1. The van der Waals surface area contributed by atoms with Crippen molar-refractivity contribution in [3.05, 3.63) is 33.0 Å². The molecule has 1 fully saturated rings. The van der Waals surface area contributed by atoms with Gasteiger partial charge in [0.1, 0.15) is 5.00 Å². The third kappa shape index (κ3) is 4.56. The first kappa shape index (κ1) is 23.2. The number of thiophene rings is 1. The number of ether oxygens (including phenoxy) is 1. The number of nitrogens with zero attached hydrogens (tertiary/aromatic N) is 4. The molecular formula is C23H33N5O2S2. The van der Waals surface area contributed by atoms with Crippen LogP contribution in [-0.4, -0.2) is 64.0 Å². The van der Waals surface area contributed by atoms with Crippen LogP contribution < -0.4 is 5.32 Å². The van der Waals surface area contributed by atoms with Gasteiger partial charge in [0.05, 0.1) is 18.4 Å². The maximum absolute atomic E-state index is 12.6. The summed E-state index contributed by atoms with van der Waals surface area (Å²) in [5.74, 6) is 0.376. The van der Waals surface area contributed by atoms with E-state index in [-0.39, 0.29) is 5.97 Å². The molecule has 32 heavy (non-hydrogen) atoms. The number of aryl methyl sites for hydroxylation is 2. The third-order valence-corrected chi connectivity index (χ3v) is 8.35. The fourth-order valence-electron chi connectivity index (χ4n) is 4.71. The Balaban J connectivity index is 1.41. The summed E-state index contributed by atoms with van der Waals surface area (Å²) in [5, 5.41) is 9.46. The third-order valence-electron chi connectivity index (χ3n) is 6.82. The minimum absolute atomic E-state index is 0.269. The van der Waals surface area contributed by atoms with E-state index in [1.54, 1.807) is 11.3 Å². The molecule has 0 aromatic carbocycles. The first-order chi connectivity index (χ1) is 15.3. The number of hydrogen-bond donors (Lipinski definition) is 1.